The van der Waals surface area contributed by atoms with E-state index in [0.29, 0.717) is 13.0 Å². The molecule has 30 heavy (non-hydrogen) atoms. The molecule has 0 radical (unpaired) electrons. The lowest BCUT2D eigenvalue weighted by molar-refractivity contribution is -0.122. The minimum atomic E-state index is 0.0330. The number of unbranched alkanes of at least 4 members (excludes halogenated alkanes) is 1. The van der Waals surface area contributed by atoms with Crippen molar-refractivity contribution in [2.45, 2.75) is 32.2 Å². The van der Waals surface area contributed by atoms with Crippen molar-refractivity contribution in [3.05, 3.63) is 65.7 Å². The van der Waals surface area contributed by atoms with Gasteiger partial charge in [-0.25, -0.2) is 0 Å². The molecule has 162 valence electrons. The first-order chi connectivity index (χ1) is 14.6. The quantitative estimate of drug-likeness (QED) is 0.609. The van der Waals surface area contributed by atoms with Crippen molar-refractivity contribution in [2.24, 2.45) is 0 Å². The number of nitrogens with zero attached hydrogens (tertiary/aromatic N) is 2. The minimum Gasteiger partial charge on any atom is -0.494 e. The summed E-state index contributed by atoms with van der Waals surface area (Å²) in [6.45, 7) is 7.81. The maximum Gasteiger partial charge on any atom is 0.220 e. The maximum absolute atomic E-state index is 12.6. The SMILES string of the molecule is Cc1cccc(OCCCCC(=O)NC(CN2CCN(C)CC2)c2ccccc2)c1. The fourth-order valence-electron chi connectivity index (χ4n) is 3.76. The molecule has 1 saturated heterocycles. The van der Waals surface area contributed by atoms with Crippen LogP contribution in [0.4, 0.5) is 0 Å². The van der Waals surface area contributed by atoms with Gasteiger partial charge in [-0.3, -0.25) is 9.69 Å². The molecule has 1 N–H and O–H groups in total. The van der Waals surface area contributed by atoms with E-state index in [2.05, 4.69) is 47.3 Å². The van der Waals surface area contributed by atoms with Crippen LogP contribution in [0.15, 0.2) is 54.6 Å². The van der Waals surface area contributed by atoms with Gasteiger partial charge in [-0.15, -0.1) is 0 Å². The molecule has 1 atom stereocenters. The highest BCUT2D eigenvalue weighted by molar-refractivity contribution is 5.76. The Bertz CT molecular complexity index is 773. The van der Waals surface area contributed by atoms with Gasteiger partial charge in [0.2, 0.25) is 5.91 Å². The minimum absolute atomic E-state index is 0.0330. The molecule has 2 aromatic carbocycles. The van der Waals surface area contributed by atoms with Crippen molar-refractivity contribution in [3.8, 4) is 5.75 Å². The van der Waals surface area contributed by atoms with Gasteiger partial charge < -0.3 is 15.0 Å². The molecule has 1 heterocycles. The number of hydrogen-bond donors (Lipinski definition) is 1. The van der Waals surface area contributed by atoms with Crippen molar-refractivity contribution in [2.75, 3.05) is 46.4 Å². The van der Waals surface area contributed by atoms with Gasteiger partial charge in [0.15, 0.2) is 0 Å². The number of aryl methyl sites for hydroxylation is 1. The van der Waals surface area contributed by atoms with Crippen LogP contribution in [-0.4, -0.2) is 62.1 Å². The van der Waals surface area contributed by atoms with Gasteiger partial charge in [0.1, 0.15) is 5.75 Å². The number of piperazine rings is 1. The second-order valence-corrected chi connectivity index (χ2v) is 8.26. The van der Waals surface area contributed by atoms with Crippen LogP contribution in [0.3, 0.4) is 0 Å². The summed E-state index contributed by atoms with van der Waals surface area (Å²) < 4.78 is 5.79. The number of carbonyl (C=O) groups excluding carboxylic acids is 1. The first-order valence-corrected chi connectivity index (χ1v) is 11.0. The lowest BCUT2D eigenvalue weighted by Gasteiger charge is -2.35. The second kappa shape index (κ2) is 11.7. The average molecular weight is 410 g/mol. The Balaban J connectivity index is 1.43. The van der Waals surface area contributed by atoms with Crippen molar-refractivity contribution < 1.29 is 9.53 Å². The molecule has 3 rings (SSSR count). The van der Waals surface area contributed by atoms with Crippen LogP contribution in [0, 0.1) is 6.92 Å². The molecule has 2 aromatic rings. The Hall–Kier alpha value is -2.37. The van der Waals surface area contributed by atoms with Crippen molar-refractivity contribution in [1.82, 2.24) is 15.1 Å². The summed E-state index contributed by atoms with van der Waals surface area (Å²) in [4.78, 5) is 17.4. The zero-order valence-corrected chi connectivity index (χ0v) is 18.3. The molecule has 0 aromatic heterocycles. The first kappa shape index (κ1) is 22.3. The Morgan fingerprint density at radius 1 is 1.03 bits per heavy atom. The monoisotopic (exact) mass is 409 g/mol. The number of rotatable bonds is 10. The normalized spacial score (nSPS) is 16.2. The largest absolute Gasteiger partial charge is 0.494 e. The van der Waals surface area contributed by atoms with Gasteiger partial charge in [0.25, 0.3) is 0 Å². The van der Waals surface area contributed by atoms with Crippen LogP contribution < -0.4 is 10.1 Å². The van der Waals surface area contributed by atoms with Gasteiger partial charge >= 0.3 is 0 Å². The zero-order chi connectivity index (χ0) is 21.2. The Morgan fingerprint density at radius 3 is 2.53 bits per heavy atom. The highest BCUT2D eigenvalue weighted by Gasteiger charge is 2.21. The van der Waals surface area contributed by atoms with Crippen LogP contribution in [-0.2, 0) is 4.79 Å². The van der Waals surface area contributed by atoms with E-state index in [0.717, 1.165) is 51.3 Å². The third-order valence-electron chi connectivity index (χ3n) is 5.63. The summed E-state index contributed by atoms with van der Waals surface area (Å²) in [7, 11) is 2.16. The summed E-state index contributed by atoms with van der Waals surface area (Å²) in [5, 5.41) is 3.27. The number of amides is 1. The summed E-state index contributed by atoms with van der Waals surface area (Å²) in [6.07, 6.45) is 2.23. The van der Waals surface area contributed by atoms with E-state index in [-0.39, 0.29) is 11.9 Å². The molecule has 1 amide bonds. The van der Waals surface area contributed by atoms with Crippen LogP contribution in [0.1, 0.15) is 36.4 Å². The van der Waals surface area contributed by atoms with Gasteiger partial charge in [-0.2, -0.15) is 0 Å². The van der Waals surface area contributed by atoms with E-state index in [9.17, 15) is 4.79 Å². The summed E-state index contributed by atoms with van der Waals surface area (Å²) in [5.74, 6) is 1.02. The van der Waals surface area contributed by atoms with E-state index >= 15 is 0 Å². The predicted molar refractivity (Wildman–Crippen MR) is 122 cm³/mol. The lowest BCUT2D eigenvalue weighted by Crippen LogP contribution is -2.47. The van der Waals surface area contributed by atoms with Gasteiger partial charge in [-0.1, -0.05) is 42.5 Å². The average Bonchev–Trinajstić information content (AvgIpc) is 2.75. The topological polar surface area (TPSA) is 44.8 Å². The number of likely N-dealkylation sites (N-methyl/N-ethyl adjacent to an activating group) is 1. The van der Waals surface area contributed by atoms with Crippen molar-refractivity contribution >= 4 is 5.91 Å². The summed E-state index contributed by atoms with van der Waals surface area (Å²) >= 11 is 0. The van der Waals surface area contributed by atoms with Crippen LogP contribution in [0.25, 0.3) is 0 Å². The molecule has 0 spiro atoms. The third-order valence-corrected chi connectivity index (χ3v) is 5.63. The van der Waals surface area contributed by atoms with E-state index in [1.807, 2.05) is 36.4 Å². The molecule has 0 saturated carbocycles. The Morgan fingerprint density at radius 2 is 1.80 bits per heavy atom. The third kappa shape index (κ3) is 7.47. The maximum atomic E-state index is 12.6. The second-order valence-electron chi connectivity index (χ2n) is 8.26. The molecule has 1 aliphatic heterocycles. The molecule has 1 unspecified atom stereocenters. The first-order valence-electron chi connectivity index (χ1n) is 11.0. The van der Waals surface area contributed by atoms with Gasteiger partial charge in [-0.05, 0) is 50.1 Å². The number of nitrogens with one attached hydrogen (secondary N) is 1. The number of benzene rings is 2. The molecule has 5 heteroatoms. The van der Waals surface area contributed by atoms with Crippen LogP contribution in [0.5, 0.6) is 5.75 Å². The molecule has 1 aliphatic rings. The van der Waals surface area contributed by atoms with Crippen LogP contribution in [0.2, 0.25) is 0 Å². The van der Waals surface area contributed by atoms with Crippen molar-refractivity contribution in [1.29, 1.82) is 0 Å². The molecular weight excluding hydrogens is 374 g/mol. The van der Waals surface area contributed by atoms with E-state index < -0.39 is 0 Å². The smallest absolute Gasteiger partial charge is 0.220 e. The molecular formula is C25H35N3O2. The van der Waals surface area contributed by atoms with Gasteiger partial charge in [0, 0.05) is 39.1 Å². The van der Waals surface area contributed by atoms with E-state index in [1.54, 1.807) is 0 Å². The fourth-order valence-corrected chi connectivity index (χ4v) is 3.76. The summed E-state index contributed by atoms with van der Waals surface area (Å²) in [5.41, 5.74) is 2.37. The predicted octanol–water partition coefficient (Wildman–Crippen LogP) is 3.65. The van der Waals surface area contributed by atoms with Gasteiger partial charge in [0.05, 0.1) is 12.6 Å². The molecule has 0 aliphatic carbocycles. The highest BCUT2D eigenvalue weighted by Crippen LogP contribution is 2.16. The highest BCUT2D eigenvalue weighted by atomic mass is 16.5. The molecule has 0 bridgehead atoms. The van der Waals surface area contributed by atoms with E-state index in [4.69, 9.17) is 4.74 Å². The zero-order valence-electron chi connectivity index (χ0n) is 18.3. The number of carbonyl (C=O) groups is 1. The Kier molecular flexibility index (Phi) is 8.72. The van der Waals surface area contributed by atoms with E-state index in [1.165, 1.54) is 11.1 Å². The fraction of sp³-hybridized carbons (Fsp3) is 0.480. The number of hydrogen-bond acceptors (Lipinski definition) is 4. The standard InChI is InChI=1S/C25H35N3O2/c1-21-9-8-12-23(19-21)30-18-7-6-13-25(29)26-24(22-10-4-3-5-11-22)20-28-16-14-27(2)15-17-28/h3-5,8-12,19,24H,6-7,13-18,20H2,1-2H3,(H,26,29). The summed E-state index contributed by atoms with van der Waals surface area (Å²) in [6, 6.07) is 18.4. The molecule has 1 fully saturated rings. The van der Waals surface area contributed by atoms with Crippen molar-refractivity contribution in [3.63, 3.8) is 0 Å². The number of ether oxygens (including phenoxy) is 1. The molecule has 5 nitrogen and oxygen atoms in total. The Labute approximate surface area is 181 Å². The van der Waals surface area contributed by atoms with Crippen LogP contribution >= 0.6 is 0 Å². The lowest BCUT2D eigenvalue weighted by atomic mass is 10.1.